The summed E-state index contributed by atoms with van der Waals surface area (Å²) in [4.78, 5) is 0. The molecule has 0 saturated carbocycles. The van der Waals surface area contributed by atoms with E-state index in [0.29, 0.717) is 11.6 Å². The van der Waals surface area contributed by atoms with Crippen molar-refractivity contribution >= 4 is 29.4 Å². The number of alkyl halides is 7. The highest BCUT2D eigenvalue weighted by Crippen LogP contribution is 2.45. The predicted octanol–water partition coefficient (Wildman–Crippen LogP) is 4.72. The molecule has 1 N–H and O–H groups in total. The average molecular weight is 411 g/mol. The average Bonchev–Trinajstić information content (AvgIpc) is 2.44. The molecule has 0 spiro atoms. The number of nitrogens with zero attached hydrogens (tertiary/aromatic N) is 1. The molecule has 12 heteroatoms. The Morgan fingerprint density at radius 1 is 1.16 bits per heavy atom. The molecule has 3 nitrogen and oxygen atoms in total. The van der Waals surface area contributed by atoms with Crippen molar-refractivity contribution in [3.8, 4) is 18.1 Å². The summed E-state index contributed by atoms with van der Waals surface area (Å²) in [6, 6.07) is -3.42. The summed E-state index contributed by atoms with van der Waals surface area (Å²) in [6.45, 7) is -0.294. The second kappa shape index (κ2) is 7.58. The summed E-state index contributed by atoms with van der Waals surface area (Å²) in [6.07, 6.45) is -1.04. The van der Waals surface area contributed by atoms with Crippen molar-refractivity contribution in [3.63, 3.8) is 0 Å². The van der Waals surface area contributed by atoms with Crippen LogP contribution in [0.15, 0.2) is 17.2 Å². The Bertz CT molecular complexity index is 699. The Morgan fingerprint density at radius 2 is 1.76 bits per heavy atom. The minimum atomic E-state index is -6.49. The first-order valence-electron chi connectivity index (χ1n) is 6.01. The molecule has 25 heavy (non-hydrogen) atoms. The highest BCUT2D eigenvalue weighted by Gasteiger charge is 2.73. The van der Waals surface area contributed by atoms with E-state index in [1.54, 1.807) is 0 Å². The summed E-state index contributed by atoms with van der Waals surface area (Å²) in [7, 11) is 0. The molecule has 0 aliphatic heterocycles. The molecule has 0 fully saturated rings. The lowest BCUT2D eigenvalue weighted by Gasteiger charge is -2.27. The molecular formula is C13H7Cl2F7N2O. The minimum Gasteiger partial charge on any atom is -0.479 e. The third kappa shape index (κ3) is 4.83. The van der Waals surface area contributed by atoms with E-state index in [1.165, 1.54) is 6.07 Å². The van der Waals surface area contributed by atoms with Crippen LogP contribution in [-0.4, -0.2) is 31.0 Å². The summed E-state index contributed by atoms with van der Waals surface area (Å²) >= 11 is 11.5. The smallest absolute Gasteiger partial charge is 0.462 e. The molecule has 138 valence electrons. The molecular weight excluding hydrogens is 404 g/mol. The molecule has 1 rings (SSSR count). The molecule has 0 amide bonds. The van der Waals surface area contributed by atoms with Crippen LogP contribution in [0.25, 0.3) is 0 Å². The van der Waals surface area contributed by atoms with Crippen LogP contribution < -0.4 is 10.2 Å². The number of ether oxygens (including phenoxy) is 1. The van der Waals surface area contributed by atoms with Crippen LogP contribution in [0.2, 0.25) is 10.0 Å². The zero-order valence-electron chi connectivity index (χ0n) is 11.8. The van der Waals surface area contributed by atoms with Crippen molar-refractivity contribution in [1.82, 2.24) is 5.43 Å². The van der Waals surface area contributed by atoms with Gasteiger partial charge in [0.2, 0.25) is 0 Å². The molecule has 0 aromatic heterocycles. The van der Waals surface area contributed by atoms with Crippen molar-refractivity contribution in [2.75, 3.05) is 6.61 Å². The molecule has 1 aromatic rings. The van der Waals surface area contributed by atoms with Gasteiger partial charge < -0.3 is 4.74 Å². The quantitative estimate of drug-likeness (QED) is 0.242. The Balaban J connectivity index is 3.09. The van der Waals surface area contributed by atoms with Gasteiger partial charge in [0.15, 0.2) is 0 Å². The Labute approximate surface area is 146 Å². The fourth-order valence-corrected chi connectivity index (χ4v) is 1.94. The maximum atomic E-state index is 13.1. The number of nitrogens with one attached hydrogen (secondary N) is 1. The zero-order chi connectivity index (χ0) is 19.5. The Morgan fingerprint density at radius 3 is 2.28 bits per heavy atom. The lowest BCUT2D eigenvalue weighted by molar-refractivity contribution is -0.361. The second-order valence-electron chi connectivity index (χ2n) is 4.32. The van der Waals surface area contributed by atoms with Crippen molar-refractivity contribution in [2.24, 2.45) is 5.10 Å². The largest absolute Gasteiger partial charge is 0.479 e. The van der Waals surface area contributed by atoms with E-state index in [2.05, 4.69) is 11.0 Å². The Kier molecular flexibility index (Phi) is 6.42. The minimum absolute atomic E-state index is 0.00751. The second-order valence-corrected chi connectivity index (χ2v) is 5.16. The van der Waals surface area contributed by atoms with E-state index in [0.717, 1.165) is 6.07 Å². The molecule has 0 atom stereocenters. The molecule has 0 radical (unpaired) electrons. The van der Waals surface area contributed by atoms with Crippen molar-refractivity contribution in [2.45, 2.75) is 18.1 Å². The highest BCUT2D eigenvalue weighted by atomic mass is 35.5. The molecule has 0 bridgehead atoms. The third-order valence-electron chi connectivity index (χ3n) is 2.50. The summed E-state index contributed by atoms with van der Waals surface area (Å²) in [5.74, 6) is -4.45. The number of terminal acetylenes is 1. The first kappa shape index (κ1) is 21.2. The van der Waals surface area contributed by atoms with E-state index in [1.807, 2.05) is 0 Å². The van der Waals surface area contributed by atoms with Crippen molar-refractivity contribution in [1.29, 1.82) is 0 Å². The van der Waals surface area contributed by atoms with Crippen LogP contribution in [0.4, 0.5) is 30.7 Å². The van der Waals surface area contributed by atoms with Crippen molar-refractivity contribution < 1.29 is 35.5 Å². The molecule has 0 unspecified atom stereocenters. The van der Waals surface area contributed by atoms with Gasteiger partial charge in [0, 0.05) is 10.6 Å². The van der Waals surface area contributed by atoms with Crippen LogP contribution in [-0.2, 0) is 0 Å². The molecule has 0 heterocycles. The van der Waals surface area contributed by atoms with E-state index < -0.39 is 18.1 Å². The number of halogens is 9. The van der Waals surface area contributed by atoms with Crippen LogP contribution in [0.5, 0.6) is 5.75 Å². The SMILES string of the molecule is C#CCOc1c(Cl)cc(Cl)cc1/C=N\NC(F)(F)C(F)(F)C(F)(F)F. The lowest BCUT2D eigenvalue weighted by atomic mass is 10.2. The molecule has 0 aliphatic carbocycles. The van der Waals surface area contributed by atoms with Crippen LogP contribution in [0, 0.1) is 12.3 Å². The van der Waals surface area contributed by atoms with Gasteiger partial charge >= 0.3 is 18.1 Å². The van der Waals surface area contributed by atoms with Gasteiger partial charge in [-0.15, -0.1) is 6.42 Å². The van der Waals surface area contributed by atoms with Gasteiger partial charge in [0.1, 0.15) is 12.4 Å². The molecule has 1 aromatic carbocycles. The first-order valence-corrected chi connectivity index (χ1v) is 6.77. The maximum Gasteiger partial charge on any atom is 0.462 e. The van der Waals surface area contributed by atoms with Gasteiger partial charge in [-0.1, -0.05) is 29.1 Å². The first-order chi connectivity index (χ1) is 11.3. The van der Waals surface area contributed by atoms with Gasteiger partial charge in [-0.25, -0.2) is 5.43 Å². The molecule has 0 saturated heterocycles. The van der Waals surface area contributed by atoms with E-state index in [-0.39, 0.29) is 28.0 Å². The van der Waals surface area contributed by atoms with E-state index in [9.17, 15) is 30.7 Å². The van der Waals surface area contributed by atoms with Gasteiger partial charge in [-0.05, 0) is 12.1 Å². The van der Waals surface area contributed by atoms with Gasteiger partial charge in [-0.2, -0.15) is 35.8 Å². The summed E-state index contributed by atoms with van der Waals surface area (Å²) in [5, 5.41) is 2.57. The standard InChI is InChI=1S/C13H7Cl2F7N2O/c1-2-3-25-10-7(4-8(14)5-9(10)15)6-23-24-13(21,22)11(16,17)12(18,19)20/h1,4-6,24H,3H2/b23-6-. The summed E-state index contributed by atoms with van der Waals surface area (Å²) in [5.41, 5.74) is 0.272. The predicted molar refractivity (Wildman–Crippen MR) is 77.5 cm³/mol. The fraction of sp³-hybridized carbons (Fsp3) is 0.308. The highest BCUT2D eigenvalue weighted by molar-refractivity contribution is 6.36. The van der Waals surface area contributed by atoms with Gasteiger partial charge in [0.05, 0.1) is 11.2 Å². The molecule has 0 aliphatic rings. The Hall–Kier alpha value is -1.86. The third-order valence-corrected chi connectivity index (χ3v) is 2.99. The van der Waals surface area contributed by atoms with Crippen LogP contribution in [0.1, 0.15) is 5.56 Å². The maximum absolute atomic E-state index is 13.1. The van der Waals surface area contributed by atoms with E-state index in [4.69, 9.17) is 34.4 Å². The normalized spacial score (nSPS) is 13.0. The van der Waals surface area contributed by atoms with Crippen LogP contribution >= 0.6 is 23.2 Å². The number of benzene rings is 1. The van der Waals surface area contributed by atoms with Gasteiger partial charge in [-0.3, -0.25) is 0 Å². The van der Waals surface area contributed by atoms with Crippen molar-refractivity contribution in [3.05, 3.63) is 27.7 Å². The summed E-state index contributed by atoms with van der Waals surface area (Å²) < 4.78 is 92.5. The van der Waals surface area contributed by atoms with Gasteiger partial charge in [0.25, 0.3) is 0 Å². The number of rotatable bonds is 6. The lowest BCUT2D eigenvalue weighted by Crippen LogP contribution is -2.58. The number of hydrazone groups is 1. The monoisotopic (exact) mass is 410 g/mol. The number of hydrogen-bond donors (Lipinski definition) is 1. The number of hydrogen-bond acceptors (Lipinski definition) is 3. The van der Waals surface area contributed by atoms with Crippen LogP contribution in [0.3, 0.4) is 0 Å². The zero-order valence-corrected chi connectivity index (χ0v) is 13.3. The fourth-order valence-electron chi connectivity index (χ4n) is 1.37. The topological polar surface area (TPSA) is 33.6 Å². The van der Waals surface area contributed by atoms with E-state index >= 15 is 0 Å².